The van der Waals surface area contributed by atoms with Crippen molar-refractivity contribution in [2.45, 2.75) is 50.3 Å². The summed E-state index contributed by atoms with van der Waals surface area (Å²) in [4.78, 5) is 50.7. The van der Waals surface area contributed by atoms with Gasteiger partial charge in [0, 0.05) is 29.5 Å². The zero-order chi connectivity index (χ0) is 34.6. The number of ether oxygens (including phenoxy) is 2. The molecule has 3 amide bonds. The molecule has 0 radical (unpaired) electrons. The molecule has 49 heavy (non-hydrogen) atoms. The van der Waals surface area contributed by atoms with Crippen molar-refractivity contribution in [1.29, 1.82) is 0 Å². The molecule has 0 aromatic heterocycles. The predicted molar refractivity (Wildman–Crippen MR) is 185 cm³/mol. The van der Waals surface area contributed by atoms with Gasteiger partial charge < -0.3 is 30.5 Å². The standard InChI is InChI=1S/C38H38ClN3O7/c39-32-19-9-4-14-26(32)23-48-37(46)40-21-11-10-20-33(36(44)45)41-35(43)34(22-25-12-2-1-3-13-25)42-38(47)49-24-31-29-17-7-5-15-27(29)28-16-6-8-18-30(28)31/h1-9,12-19,31,33-34H,10-11,20-24H2,(H,40,46)(H,41,43)(H,42,47)(H,44,45). The first-order valence-electron chi connectivity index (χ1n) is 16.1. The SMILES string of the molecule is O=C(NCCCCC(NC(=O)C(Cc1ccccc1)NC(=O)OCC1c2ccccc2-c2ccccc21)C(=O)O)OCc1ccccc1Cl. The van der Waals surface area contributed by atoms with Gasteiger partial charge in [-0.1, -0.05) is 109 Å². The number of carbonyl (C=O) groups excluding carboxylic acids is 3. The van der Waals surface area contributed by atoms with Crippen molar-refractivity contribution in [2.75, 3.05) is 13.2 Å². The minimum Gasteiger partial charge on any atom is -0.480 e. The number of carbonyl (C=O) groups is 4. The van der Waals surface area contributed by atoms with Gasteiger partial charge in [0.15, 0.2) is 0 Å². The molecule has 0 saturated carbocycles. The number of aliphatic carboxylic acids is 1. The van der Waals surface area contributed by atoms with Gasteiger partial charge in [-0.2, -0.15) is 0 Å². The van der Waals surface area contributed by atoms with Crippen LogP contribution in [0.3, 0.4) is 0 Å². The Morgan fingerprint density at radius 1 is 0.714 bits per heavy atom. The van der Waals surface area contributed by atoms with Gasteiger partial charge in [0.05, 0.1) is 0 Å². The molecule has 2 atom stereocenters. The highest BCUT2D eigenvalue weighted by atomic mass is 35.5. The molecule has 0 spiro atoms. The molecule has 4 aromatic carbocycles. The van der Waals surface area contributed by atoms with E-state index < -0.39 is 36.1 Å². The zero-order valence-electron chi connectivity index (χ0n) is 26.8. The van der Waals surface area contributed by atoms with E-state index in [1.807, 2.05) is 78.9 Å². The van der Waals surface area contributed by atoms with Crippen LogP contribution in [0.4, 0.5) is 9.59 Å². The third-order valence-corrected chi connectivity index (χ3v) is 8.72. The number of carboxylic acids is 1. The van der Waals surface area contributed by atoms with Crippen LogP contribution in [-0.4, -0.2) is 54.4 Å². The summed E-state index contributed by atoms with van der Waals surface area (Å²) in [6, 6.07) is 29.8. The minimum atomic E-state index is -1.21. The van der Waals surface area contributed by atoms with E-state index in [9.17, 15) is 24.3 Å². The Morgan fingerprint density at radius 2 is 1.35 bits per heavy atom. The molecule has 1 aliphatic carbocycles. The number of alkyl carbamates (subject to hydrolysis) is 2. The van der Waals surface area contributed by atoms with Crippen LogP contribution in [0, 0.1) is 0 Å². The molecule has 11 heteroatoms. The van der Waals surface area contributed by atoms with E-state index >= 15 is 0 Å². The van der Waals surface area contributed by atoms with Crippen molar-refractivity contribution in [2.24, 2.45) is 0 Å². The van der Waals surface area contributed by atoms with Crippen LogP contribution < -0.4 is 16.0 Å². The molecule has 1 aliphatic rings. The smallest absolute Gasteiger partial charge is 0.407 e. The number of benzene rings is 4. The molecule has 4 aromatic rings. The molecule has 0 aliphatic heterocycles. The first-order valence-corrected chi connectivity index (χ1v) is 16.5. The third-order valence-electron chi connectivity index (χ3n) is 8.36. The number of unbranched alkanes of at least 4 members (excludes halogenated alkanes) is 1. The summed E-state index contributed by atoms with van der Waals surface area (Å²) in [7, 11) is 0. The van der Waals surface area contributed by atoms with Gasteiger partial charge in [0.25, 0.3) is 0 Å². The van der Waals surface area contributed by atoms with E-state index in [0.717, 1.165) is 27.8 Å². The first-order chi connectivity index (χ1) is 23.8. The zero-order valence-corrected chi connectivity index (χ0v) is 27.5. The maximum absolute atomic E-state index is 13.4. The van der Waals surface area contributed by atoms with Crippen LogP contribution >= 0.6 is 11.6 Å². The number of fused-ring (bicyclic) bond motifs is 3. The fourth-order valence-corrected chi connectivity index (χ4v) is 6.04. The van der Waals surface area contributed by atoms with Crippen LogP contribution in [-0.2, 0) is 32.1 Å². The van der Waals surface area contributed by atoms with E-state index in [-0.39, 0.29) is 38.5 Å². The number of carboxylic acid groups (broad SMARTS) is 1. The van der Waals surface area contributed by atoms with Gasteiger partial charge in [-0.05, 0) is 53.1 Å². The number of nitrogens with one attached hydrogen (secondary N) is 3. The summed E-state index contributed by atoms with van der Waals surface area (Å²) in [5.41, 5.74) is 5.76. The molecule has 4 N–H and O–H groups in total. The van der Waals surface area contributed by atoms with Crippen molar-refractivity contribution in [1.82, 2.24) is 16.0 Å². The van der Waals surface area contributed by atoms with Crippen molar-refractivity contribution in [3.63, 3.8) is 0 Å². The summed E-state index contributed by atoms with van der Waals surface area (Å²) in [5, 5.41) is 18.2. The Bertz CT molecular complexity index is 1720. The van der Waals surface area contributed by atoms with Gasteiger partial charge >= 0.3 is 18.2 Å². The van der Waals surface area contributed by atoms with Gasteiger partial charge in [0.1, 0.15) is 25.3 Å². The number of amides is 3. The largest absolute Gasteiger partial charge is 0.480 e. The molecule has 0 heterocycles. The fraction of sp³-hybridized carbons (Fsp3) is 0.263. The Labute approximate surface area is 289 Å². The Hall–Kier alpha value is -5.35. The molecule has 0 fully saturated rings. The van der Waals surface area contributed by atoms with E-state index in [4.69, 9.17) is 21.1 Å². The Morgan fingerprint density at radius 3 is 2.02 bits per heavy atom. The first kappa shape index (κ1) is 35.0. The monoisotopic (exact) mass is 683 g/mol. The molecule has 2 unspecified atom stereocenters. The minimum absolute atomic E-state index is 0.0207. The maximum atomic E-state index is 13.4. The predicted octanol–water partition coefficient (Wildman–Crippen LogP) is 6.46. The van der Waals surface area contributed by atoms with Crippen molar-refractivity contribution >= 4 is 35.7 Å². The van der Waals surface area contributed by atoms with Crippen molar-refractivity contribution in [3.8, 4) is 11.1 Å². The molecule has 0 bridgehead atoms. The van der Waals surface area contributed by atoms with E-state index in [0.29, 0.717) is 23.4 Å². The van der Waals surface area contributed by atoms with E-state index in [1.165, 1.54) is 0 Å². The fourth-order valence-electron chi connectivity index (χ4n) is 5.84. The lowest BCUT2D eigenvalue weighted by atomic mass is 9.98. The number of hydrogen-bond donors (Lipinski definition) is 4. The van der Waals surface area contributed by atoms with Crippen molar-refractivity contribution in [3.05, 3.63) is 130 Å². The topological polar surface area (TPSA) is 143 Å². The summed E-state index contributed by atoms with van der Waals surface area (Å²) in [5.74, 6) is -2.01. The highest BCUT2D eigenvalue weighted by Gasteiger charge is 2.31. The van der Waals surface area contributed by atoms with Gasteiger partial charge in [-0.15, -0.1) is 0 Å². The average Bonchev–Trinajstić information content (AvgIpc) is 3.43. The second kappa shape index (κ2) is 17.2. The van der Waals surface area contributed by atoms with Gasteiger partial charge in [-0.25, -0.2) is 14.4 Å². The summed E-state index contributed by atoms with van der Waals surface area (Å²) < 4.78 is 10.9. The number of halogens is 1. The van der Waals surface area contributed by atoms with Crippen LogP contribution in [0.5, 0.6) is 0 Å². The van der Waals surface area contributed by atoms with Crippen LogP contribution in [0.15, 0.2) is 103 Å². The molecular weight excluding hydrogens is 646 g/mol. The van der Waals surface area contributed by atoms with Crippen LogP contribution in [0.25, 0.3) is 11.1 Å². The summed E-state index contributed by atoms with van der Waals surface area (Å²) >= 11 is 6.08. The lowest BCUT2D eigenvalue weighted by molar-refractivity contribution is -0.142. The lowest BCUT2D eigenvalue weighted by Crippen LogP contribution is -2.52. The number of hydrogen-bond acceptors (Lipinski definition) is 6. The second-order valence-electron chi connectivity index (χ2n) is 11.7. The Balaban J connectivity index is 1.13. The average molecular weight is 684 g/mol. The summed E-state index contributed by atoms with van der Waals surface area (Å²) in [6.45, 7) is 0.341. The van der Waals surface area contributed by atoms with Crippen LogP contribution in [0.2, 0.25) is 5.02 Å². The van der Waals surface area contributed by atoms with E-state index in [1.54, 1.807) is 24.3 Å². The highest BCUT2D eigenvalue weighted by molar-refractivity contribution is 6.31. The van der Waals surface area contributed by atoms with Crippen molar-refractivity contribution < 1.29 is 33.8 Å². The molecule has 5 rings (SSSR count). The molecule has 10 nitrogen and oxygen atoms in total. The van der Waals surface area contributed by atoms with Crippen LogP contribution in [0.1, 0.15) is 47.4 Å². The van der Waals surface area contributed by atoms with Gasteiger partial charge in [0.2, 0.25) is 5.91 Å². The second-order valence-corrected chi connectivity index (χ2v) is 12.1. The van der Waals surface area contributed by atoms with E-state index in [2.05, 4.69) is 16.0 Å². The highest BCUT2D eigenvalue weighted by Crippen LogP contribution is 2.44. The number of rotatable bonds is 15. The normalized spacial score (nSPS) is 12.9. The molecule has 0 saturated heterocycles. The Kier molecular flexibility index (Phi) is 12.3. The molecular formula is C38H38ClN3O7. The third kappa shape index (κ3) is 9.61. The van der Waals surface area contributed by atoms with Gasteiger partial charge in [-0.3, -0.25) is 4.79 Å². The summed E-state index contributed by atoms with van der Waals surface area (Å²) in [6.07, 6.45) is -0.315. The quantitative estimate of drug-likeness (QED) is 0.105. The molecule has 254 valence electrons. The lowest BCUT2D eigenvalue weighted by Gasteiger charge is -2.22. The maximum Gasteiger partial charge on any atom is 0.407 e.